The molecule has 0 fully saturated rings. The van der Waals surface area contributed by atoms with E-state index in [1.807, 2.05) is 32.2 Å². The second-order valence-corrected chi connectivity index (χ2v) is 5.13. The molecule has 0 saturated heterocycles. The molecule has 1 aromatic carbocycles. The number of rotatable bonds is 4. The van der Waals surface area contributed by atoms with Gasteiger partial charge in [-0.3, -0.25) is 0 Å². The van der Waals surface area contributed by atoms with Crippen LogP contribution in [0.4, 0.5) is 0 Å². The zero-order chi connectivity index (χ0) is 14.0. The highest BCUT2D eigenvalue weighted by molar-refractivity contribution is 5.73. The summed E-state index contributed by atoms with van der Waals surface area (Å²) in [7, 11) is 1.88. The number of hydrogen-bond acceptors (Lipinski definition) is 4. The van der Waals surface area contributed by atoms with Gasteiger partial charge in [-0.15, -0.1) is 0 Å². The van der Waals surface area contributed by atoms with Crippen molar-refractivity contribution in [1.29, 1.82) is 5.26 Å². The van der Waals surface area contributed by atoms with Crippen LogP contribution in [0.5, 0.6) is 0 Å². The molecule has 2 unspecified atom stereocenters. The normalized spacial score (nSPS) is 14.5. The Hall–Kier alpha value is -1.86. The zero-order valence-corrected chi connectivity index (χ0v) is 11.8. The topological polar surface area (TPSA) is 61.9 Å². The van der Waals surface area contributed by atoms with E-state index in [4.69, 9.17) is 4.42 Å². The number of oxazole rings is 1. The largest absolute Gasteiger partial charge is 0.441 e. The minimum absolute atomic E-state index is 0.00593. The van der Waals surface area contributed by atoms with Crippen molar-refractivity contribution in [3.63, 3.8) is 0 Å². The second kappa shape index (κ2) is 5.41. The number of nitriles is 1. The maximum Gasteiger partial charge on any atom is 0.192 e. The van der Waals surface area contributed by atoms with Gasteiger partial charge in [0.15, 0.2) is 11.5 Å². The predicted octanol–water partition coefficient (Wildman–Crippen LogP) is 3.19. The lowest BCUT2D eigenvalue weighted by molar-refractivity contribution is 0.363. The number of aromatic nitrogens is 1. The van der Waals surface area contributed by atoms with Gasteiger partial charge in [0.25, 0.3) is 0 Å². The number of nitrogens with one attached hydrogen (secondary N) is 1. The highest BCUT2D eigenvalue weighted by atomic mass is 16.3. The third-order valence-electron chi connectivity index (χ3n) is 3.42. The summed E-state index contributed by atoms with van der Waals surface area (Å²) in [5.41, 5.74) is 2.70. The smallest absolute Gasteiger partial charge is 0.192 e. The van der Waals surface area contributed by atoms with Crippen LogP contribution in [-0.2, 0) is 0 Å². The van der Waals surface area contributed by atoms with Crippen LogP contribution in [0.3, 0.4) is 0 Å². The van der Waals surface area contributed by atoms with Crippen LogP contribution in [-0.4, -0.2) is 12.0 Å². The number of fused-ring (bicyclic) bond motifs is 1. The monoisotopic (exact) mass is 257 g/mol. The minimum atomic E-state index is -0.0737. The van der Waals surface area contributed by atoms with Crippen LogP contribution in [0.2, 0.25) is 0 Å². The van der Waals surface area contributed by atoms with E-state index >= 15 is 0 Å². The number of hydrogen-bond donors (Lipinski definition) is 1. The molecule has 0 aliphatic carbocycles. The first kappa shape index (κ1) is 13.6. The van der Waals surface area contributed by atoms with E-state index in [-0.39, 0.29) is 17.9 Å². The van der Waals surface area contributed by atoms with E-state index in [2.05, 4.69) is 30.2 Å². The van der Waals surface area contributed by atoms with Crippen molar-refractivity contribution in [2.75, 3.05) is 7.05 Å². The van der Waals surface area contributed by atoms with Crippen molar-refractivity contribution in [1.82, 2.24) is 10.3 Å². The van der Waals surface area contributed by atoms with E-state index in [0.29, 0.717) is 5.89 Å². The highest BCUT2D eigenvalue weighted by Crippen LogP contribution is 2.29. The maximum absolute atomic E-state index is 9.35. The Morgan fingerprint density at radius 2 is 2.11 bits per heavy atom. The lowest BCUT2D eigenvalue weighted by atomic mass is 9.85. The summed E-state index contributed by atoms with van der Waals surface area (Å²) in [5.74, 6) is 0.876. The molecule has 1 aromatic heterocycles. The molecule has 100 valence electrons. The molecule has 19 heavy (non-hydrogen) atoms. The SMILES string of the molecule is CNC(c1ccc2oc(C)nc2c1)C(C#N)C(C)C. The average Bonchev–Trinajstić information content (AvgIpc) is 2.74. The van der Waals surface area contributed by atoms with Gasteiger partial charge in [-0.2, -0.15) is 5.26 Å². The summed E-state index contributed by atoms with van der Waals surface area (Å²) < 4.78 is 5.47. The molecule has 0 saturated carbocycles. The molecule has 4 nitrogen and oxygen atoms in total. The van der Waals surface area contributed by atoms with Crippen LogP contribution in [0, 0.1) is 30.1 Å². The maximum atomic E-state index is 9.35. The van der Waals surface area contributed by atoms with Crippen LogP contribution in [0.25, 0.3) is 11.1 Å². The molecule has 0 amide bonds. The Balaban J connectivity index is 2.43. The summed E-state index contributed by atoms with van der Waals surface area (Å²) in [4.78, 5) is 4.34. The zero-order valence-electron chi connectivity index (χ0n) is 11.8. The summed E-state index contributed by atoms with van der Waals surface area (Å²) >= 11 is 0. The van der Waals surface area contributed by atoms with Crippen molar-refractivity contribution in [2.24, 2.45) is 11.8 Å². The summed E-state index contributed by atoms with van der Waals surface area (Å²) in [6, 6.07) is 8.32. The van der Waals surface area contributed by atoms with E-state index in [1.165, 1.54) is 0 Å². The van der Waals surface area contributed by atoms with Crippen LogP contribution in [0.15, 0.2) is 22.6 Å². The molecule has 2 atom stereocenters. The van der Waals surface area contributed by atoms with Gasteiger partial charge in [-0.25, -0.2) is 4.98 Å². The molecule has 0 bridgehead atoms. The third kappa shape index (κ3) is 2.61. The second-order valence-electron chi connectivity index (χ2n) is 5.13. The van der Waals surface area contributed by atoms with Gasteiger partial charge in [0, 0.05) is 13.0 Å². The Kier molecular flexibility index (Phi) is 3.87. The molecule has 4 heteroatoms. The quantitative estimate of drug-likeness (QED) is 0.913. The summed E-state index contributed by atoms with van der Waals surface area (Å²) in [6.45, 7) is 5.97. The van der Waals surface area contributed by atoms with Crippen LogP contribution >= 0.6 is 0 Å². The fraction of sp³-hybridized carbons (Fsp3) is 0.467. The van der Waals surface area contributed by atoms with Gasteiger partial charge >= 0.3 is 0 Å². The van der Waals surface area contributed by atoms with Crippen molar-refractivity contribution in [3.8, 4) is 6.07 Å². The highest BCUT2D eigenvalue weighted by Gasteiger charge is 2.25. The van der Waals surface area contributed by atoms with Crippen LogP contribution in [0.1, 0.15) is 31.3 Å². The summed E-state index contributed by atoms with van der Waals surface area (Å²) in [5, 5.41) is 12.6. The lowest BCUT2D eigenvalue weighted by Gasteiger charge is -2.24. The Morgan fingerprint density at radius 1 is 1.37 bits per heavy atom. The van der Waals surface area contributed by atoms with Crippen molar-refractivity contribution < 1.29 is 4.42 Å². The molecule has 1 N–H and O–H groups in total. The van der Waals surface area contributed by atoms with Gasteiger partial charge in [-0.1, -0.05) is 19.9 Å². The molecular formula is C15H19N3O. The molecule has 0 aliphatic rings. The molecule has 0 aliphatic heterocycles. The van der Waals surface area contributed by atoms with E-state index in [9.17, 15) is 5.26 Å². The minimum Gasteiger partial charge on any atom is -0.441 e. The van der Waals surface area contributed by atoms with E-state index in [0.717, 1.165) is 16.7 Å². The van der Waals surface area contributed by atoms with Gasteiger partial charge in [-0.05, 0) is 30.7 Å². The van der Waals surface area contributed by atoms with E-state index in [1.54, 1.807) is 0 Å². The Bertz CT molecular complexity index is 609. The standard InChI is InChI=1S/C15H19N3O/c1-9(2)12(8-16)15(17-4)11-5-6-14-13(7-11)18-10(3)19-14/h5-7,9,12,15,17H,1-4H3. The van der Waals surface area contributed by atoms with Crippen molar-refractivity contribution in [3.05, 3.63) is 29.7 Å². The first-order valence-electron chi connectivity index (χ1n) is 6.50. The molecule has 0 radical (unpaired) electrons. The molecule has 0 spiro atoms. The number of benzene rings is 1. The molecular weight excluding hydrogens is 238 g/mol. The Labute approximate surface area is 113 Å². The molecule has 2 rings (SSSR count). The number of nitrogens with zero attached hydrogens (tertiary/aromatic N) is 2. The Morgan fingerprint density at radius 3 is 2.68 bits per heavy atom. The van der Waals surface area contributed by atoms with Gasteiger partial charge in [0.1, 0.15) is 5.52 Å². The molecule has 1 heterocycles. The van der Waals surface area contributed by atoms with Crippen molar-refractivity contribution in [2.45, 2.75) is 26.8 Å². The first-order valence-corrected chi connectivity index (χ1v) is 6.50. The van der Waals surface area contributed by atoms with Crippen LogP contribution < -0.4 is 5.32 Å². The first-order chi connectivity index (χ1) is 9.06. The fourth-order valence-electron chi connectivity index (χ4n) is 2.42. The average molecular weight is 257 g/mol. The van der Waals surface area contributed by atoms with Gasteiger partial charge in [0.2, 0.25) is 0 Å². The predicted molar refractivity (Wildman–Crippen MR) is 74.5 cm³/mol. The number of aryl methyl sites for hydroxylation is 1. The van der Waals surface area contributed by atoms with E-state index < -0.39 is 0 Å². The fourth-order valence-corrected chi connectivity index (χ4v) is 2.42. The van der Waals surface area contributed by atoms with Crippen molar-refractivity contribution >= 4 is 11.1 Å². The third-order valence-corrected chi connectivity index (χ3v) is 3.42. The molecule has 2 aromatic rings. The van der Waals surface area contributed by atoms with Gasteiger partial charge in [0.05, 0.1) is 12.0 Å². The van der Waals surface area contributed by atoms with Gasteiger partial charge < -0.3 is 9.73 Å². The lowest BCUT2D eigenvalue weighted by Crippen LogP contribution is -2.27. The summed E-state index contributed by atoms with van der Waals surface area (Å²) in [6.07, 6.45) is 0.